The molecule has 0 bridgehead atoms. The van der Waals surface area contributed by atoms with Crippen LogP contribution in [0.15, 0.2) is 36.0 Å². The van der Waals surface area contributed by atoms with Crippen molar-refractivity contribution in [2.45, 2.75) is 20.0 Å². The van der Waals surface area contributed by atoms with Crippen LogP contribution in [-0.4, -0.2) is 14.7 Å². The SMILES string of the molecule is CCOc1ccc([Si](C)(C)/C(F)=C/F)cc1. The lowest BCUT2D eigenvalue weighted by Gasteiger charge is -2.20. The van der Waals surface area contributed by atoms with E-state index in [1.165, 1.54) is 0 Å². The average Bonchev–Trinajstić information content (AvgIpc) is 2.29. The van der Waals surface area contributed by atoms with Crippen molar-refractivity contribution in [3.8, 4) is 5.75 Å². The molecule has 0 aliphatic heterocycles. The fourth-order valence-electron chi connectivity index (χ4n) is 1.41. The molecule has 0 fully saturated rings. The molecule has 0 saturated heterocycles. The van der Waals surface area contributed by atoms with Gasteiger partial charge in [0.15, 0.2) is 8.07 Å². The molecule has 0 saturated carbocycles. The van der Waals surface area contributed by atoms with Crippen LogP contribution in [-0.2, 0) is 0 Å². The number of ether oxygens (including phenoxy) is 1. The minimum Gasteiger partial charge on any atom is -0.494 e. The smallest absolute Gasteiger partial charge is 0.151 e. The van der Waals surface area contributed by atoms with Gasteiger partial charge in [-0.25, -0.2) is 8.78 Å². The van der Waals surface area contributed by atoms with Crippen LogP contribution in [0.2, 0.25) is 13.1 Å². The van der Waals surface area contributed by atoms with Crippen molar-refractivity contribution >= 4 is 13.3 Å². The minimum absolute atomic E-state index is 0.0721. The van der Waals surface area contributed by atoms with Crippen LogP contribution in [0.25, 0.3) is 0 Å². The Morgan fingerprint density at radius 2 is 1.88 bits per heavy atom. The van der Waals surface area contributed by atoms with Crippen LogP contribution in [0.1, 0.15) is 6.92 Å². The Kier molecular flexibility index (Phi) is 4.24. The van der Waals surface area contributed by atoms with Crippen LogP contribution < -0.4 is 9.92 Å². The summed E-state index contributed by atoms with van der Waals surface area (Å²) in [4.78, 5) is 0. The van der Waals surface area contributed by atoms with E-state index < -0.39 is 13.5 Å². The van der Waals surface area contributed by atoms with Gasteiger partial charge in [-0.05, 0) is 19.1 Å². The standard InChI is InChI=1S/C12H16F2OSi/c1-4-15-10-5-7-11(8-6-10)16(2,3)12(14)9-13/h5-9H,4H2,1-3H3/b12-9+. The van der Waals surface area contributed by atoms with Gasteiger partial charge in [-0.2, -0.15) is 0 Å². The second kappa shape index (κ2) is 5.25. The lowest BCUT2D eigenvalue weighted by Crippen LogP contribution is -2.42. The third kappa shape index (κ3) is 2.69. The highest BCUT2D eigenvalue weighted by Gasteiger charge is 2.29. The first-order valence-corrected chi connectivity index (χ1v) is 8.22. The van der Waals surface area contributed by atoms with E-state index in [0.717, 1.165) is 10.9 Å². The summed E-state index contributed by atoms with van der Waals surface area (Å²) in [6, 6.07) is 7.19. The van der Waals surface area contributed by atoms with Crippen molar-refractivity contribution in [1.82, 2.24) is 0 Å². The molecule has 1 aromatic rings. The zero-order valence-corrected chi connectivity index (χ0v) is 10.8. The summed E-state index contributed by atoms with van der Waals surface area (Å²) in [5.74, 6) is 0.751. The van der Waals surface area contributed by atoms with Gasteiger partial charge in [0, 0.05) is 0 Å². The highest BCUT2D eigenvalue weighted by atomic mass is 28.3. The molecule has 1 rings (SSSR count). The molecular weight excluding hydrogens is 226 g/mol. The van der Waals surface area contributed by atoms with Gasteiger partial charge >= 0.3 is 0 Å². The summed E-state index contributed by atoms with van der Waals surface area (Å²) < 4.78 is 30.9. The summed E-state index contributed by atoms with van der Waals surface area (Å²) in [5, 5.41) is 0.849. The first-order chi connectivity index (χ1) is 7.52. The van der Waals surface area contributed by atoms with Gasteiger partial charge in [-0.15, -0.1) is 0 Å². The Bertz CT molecular complexity index is 371. The normalized spacial score (nSPS) is 12.7. The van der Waals surface area contributed by atoms with Crippen LogP contribution in [0.4, 0.5) is 8.78 Å². The molecule has 0 heterocycles. The predicted octanol–water partition coefficient (Wildman–Crippen LogP) is 3.32. The zero-order chi connectivity index (χ0) is 12.2. The Labute approximate surface area is 95.8 Å². The van der Waals surface area contributed by atoms with Crippen LogP contribution >= 0.6 is 0 Å². The average molecular weight is 242 g/mol. The molecule has 1 nitrogen and oxygen atoms in total. The highest BCUT2D eigenvalue weighted by molar-refractivity contribution is 6.95. The summed E-state index contributed by atoms with van der Waals surface area (Å²) in [6.07, 6.45) is 0.0721. The lowest BCUT2D eigenvalue weighted by molar-refractivity contribution is 0.340. The van der Waals surface area contributed by atoms with Crippen molar-refractivity contribution in [2.75, 3.05) is 6.61 Å². The number of hydrogen-bond acceptors (Lipinski definition) is 1. The van der Waals surface area contributed by atoms with Crippen LogP contribution in [0.5, 0.6) is 5.75 Å². The molecular formula is C12H16F2OSi. The van der Waals surface area contributed by atoms with E-state index in [1.54, 1.807) is 37.4 Å². The molecule has 16 heavy (non-hydrogen) atoms. The van der Waals surface area contributed by atoms with E-state index in [1.807, 2.05) is 6.92 Å². The lowest BCUT2D eigenvalue weighted by atomic mass is 10.3. The molecule has 0 amide bonds. The largest absolute Gasteiger partial charge is 0.494 e. The maximum Gasteiger partial charge on any atom is 0.151 e. The number of benzene rings is 1. The molecule has 0 radical (unpaired) electrons. The van der Waals surface area contributed by atoms with E-state index in [9.17, 15) is 8.78 Å². The molecule has 0 aromatic heterocycles. The maximum atomic E-state index is 13.4. The van der Waals surface area contributed by atoms with Crippen molar-refractivity contribution in [1.29, 1.82) is 0 Å². The summed E-state index contributed by atoms with van der Waals surface area (Å²) in [7, 11) is -2.46. The number of hydrogen-bond donors (Lipinski definition) is 0. The quantitative estimate of drug-likeness (QED) is 0.736. The van der Waals surface area contributed by atoms with Gasteiger partial charge in [0.05, 0.1) is 6.61 Å². The molecule has 0 aliphatic rings. The molecule has 1 aromatic carbocycles. The van der Waals surface area contributed by atoms with Crippen molar-refractivity contribution in [2.24, 2.45) is 0 Å². The van der Waals surface area contributed by atoms with E-state index in [4.69, 9.17) is 4.74 Å². The second-order valence-electron chi connectivity index (χ2n) is 4.04. The fraction of sp³-hybridized carbons (Fsp3) is 0.333. The van der Waals surface area contributed by atoms with E-state index >= 15 is 0 Å². The van der Waals surface area contributed by atoms with E-state index in [2.05, 4.69) is 0 Å². The van der Waals surface area contributed by atoms with Gasteiger partial charge < -0.3 is 4.74 Å². The highest BCUT2D eigenvalue weighted by Crippen LogP contribution is 2.18. The predicted molar refractivity (Wildman–Crippen MR) is 65.0 cm³/mol. The van der Waals surface area contributed by atoms with Crippen molar-refractivity contribution < 1.29 is 13.5 Å². The second-order valence-corrected chi connectivity index (χ2v) is 8.34. The fourth-order valence-corrected chi connectivity index (χ4v) is 2.96. The minimum atomic E-state index is -2.46. The molecule has 0 unspecified atom stereocenters. The molecule has 0 spiro atoms. The van der Waals surface area contributed by atoms with Gasteiger partial charge in [0.1, 0.15) is 17.5 Å². The molecule has 88 valence electrons. The van der Waals surface area contributed by atoms with Gasteiger partial charge in [-0.1, -0.05) is 30.4 Å². The molecule has 4 heteroatoms. The molecule has 0 atom stereocenters. The monoisotopic (exact) mass is 242 g/mol. The Morgan fingerprint density at radius 1 is 1.31 bits per heavy atom. The summed E-state index contributed by atoms with van der Waals surface area (Å²) in [6.45, 7) is 6.04. The van der Waals surface area contributed by atoms with Crippen molar-refractivity contribution in [3.05, 3.63) is 36.0 Å². The molecule has 0 aliphatic carbocycles. The zero-order valence-electron chi connectivity index (χ0n) is 9.76. The summed E-state index contributed by atoms with van der Waals surface area (Å²) in [5.41, 5.74) is -0.642. The van der Waals surface area contributed by atoms with Crippen LogP contribution in [0.3, 0.4) is 0 Å². The van der Waals surface area contributed by atoms with Gasteiger partial charge in [0.2, 0.25) is 0 Å². The first kappa shape index (κ1) is 12.9. The van der Waals surface area contributed by atoms with E-state index in [-0.39, 0.29) is 6.33 Å². The van der Waals surface area contributed by atoms with Gasteiger partial charge in [-0.3, -0.25) is 0 Å². The van der Waals surface area contributed by atoms with Gasteiger partial charge in [0.25, 0.3) is 0 Å². The Hall–Kier alpha value is -1.16. The first-order valence-electron chi connectivity index (χ1n) is 5.22. The molecule has 0 N–H and O–H groups in total. The Balaban J connectivity index is 2.97. The maximum absolute atomic E-state index is 13.4. The van der Waals surface area contributed by atoms with Crippen LogP contribution in [0, 0.1) is 0 Å². The van der Waals surface area contributed by atoms with E-state index in [0.29, 0.717) is 6.61 Å². The number of rotatable bonds is 4. The topological polar surface area (TPSA) is 9.23 Å². The van der Waals surface area contributed by atoms with Crippen molar-refractivity contribution in [3.63, 3.8) is 0 Å². The number of halogens is 2. The third-order valence-electron chi connectivity index (χ3n) is 2.58. The summed E-state index contributed by atoms with van der Waals surface area (Å²) >= 11 is 0. The Morgan fingerprint density at radius 3 is 2.31 bits per heavy atom. The third-order valence-corrected chi connectivity index (χ3v) is 5.66.